The third kappa shape index (κ3) is 3.66. The topological polar surface area (TPSA) is 88.2 Å². The lowest BCUT2D eigenvalue weighted by Crippen LogP contribution is -2.27. The minimum atomic E-state index is -3.50. The Morgan fingerprint density at radius 2 is 1.84 bits per heavy atom. The molecule has 132 valence electrons. The van der Waals surface area contributed by atoms with Crippen molar-refractivity contribution in [2.75, 3.05) is 10.0 Å². The summed E-state index contributed by atoms with van der Waals surface area (Å²) >= 11 is 0. The number of carbonyl (C=O) groups excluding carboxylic acids is 1. The average molecular weight is 359 g/mol. The SMILES string of the molecule is Cc1ccc(NC(=O)c2ccnc(NS(=O)(=O)C3(C)CC3)c2)cc1C. The van der Waals surface area contributed by atoms with E-state index in [1.54, 1.807) is 13.0 Å². The summed E-state index contributed by atoms with van der Waals surface area (Å²) in [6, 6.07) is 8.66. The molecule has 7 heteroatoms. The normalized spacial score (nSPS) is 15.5. The molecule has 0 saturated heterocycles. The van der Waals surface area contributed by atoms with E-state index in [2.05, 4.69) is 15.0 Å². The van der Waals surface area contributed by atoms with Gasteiger partial charge >= 0.3 is 0 Å². The summed E-state index contributed by atoms with van der Waals surface area (Å²) in [6.07, 6.45) is 2.69. The standard InChI is InChI=1S/C18H21N3O3S/c1-12-4-5-15(10-13(12)2)20-17(22)14-6-9-19-16(11-14)21-25(23,24)18(3)7-8-18/h4-6,9-11H,7-8H2,1-3H3,(H,19,21)(H,20,22). The van der Waals surface area contributed by atoms with Crippen LogP contribution in [0.3, 0.4) is 0 Å². The van der Waals surface area contributed by atoms with Crippen LogP contribution < -0.4 is 10.0 Å². The van der Waals surface area contributed by atoms with E-state index in [1.165, 1.54) is 12.3 Å². The molecule has 1 heterocycles. The number of sulfonamides is 1. The van der Waals surface area contributed by atoms with Crippen LogP contribution in [0.25, 0.3) is 0 Å². The highest BCUT2D eigenvalue weighted by molar-refractivity contribution is 7.94. The first-order valence-corrected chi connectivity index (χ1v) is 9.56. The molecule has 1 saturated carbocycles. The van der Waals surface area contributed by atoms with E-state index in [0.29, 0.717) is 24.1 Å². The van der Waals surface area contributed by atoms with Crippen LogP contribution in [0.4, 0.5) is 11.5 Å². The first kappa shape index (κ1) is 17.4. The third-order valence-electron chi connectivity index (χ3n) is 4.63. The van der Waals surface area contributed by atoms with Crippen LogP contribution in [-0.2, 0) is 10.0 Å². The highest BCUT2D eigenvalue weighted by Crippen LogP contribution is 2.43. The Labute approximate surface area is 147 Å². The van der Waals surface area contributed by atoms with Gasteiger partial charge in [-0.2, -0.15) is 0 Å². The maximum absolute atomic E-state index is 12.4. The second-order valence-electron chi connectivity index (χ2n) is 6.74. The Morgan fingerprint density at radius 3 is 2.48 bits per heavy atom. The maximum atomic E-state index is 12.4. The Hall–Kier alpha value is -2.41. The Morgan fingerprint density at radius 1 is 1.12 bits per heavy atom. The first-order chi connectivity index (χ1) is 11.7. The lowest BCUT2D eigenvalue weighted by molar-refractivity contribution is 0.102. The summed E-state index contributed by atoms with van der Waals surface area (Å²) in [5, 5.41) is 2.81. The van der Waals surface area contributed by atoms with Crippen molar-refractivity contribution in [3.63, 3.8) is 0 Å². The van der Waals surface area contributed by atoms with Crippen LogP contribution in [0.5, 0.6) is 0 Å². The van der Waals surface area contributed by atoms with E-state index in [-0.39, 0.29) is 11.7 Å². The molecule has 1 amide bonds. The predicted molar refractivity (Wildman–Crippen MR) is 98.3 cm³/mol. The third-order valence-corrected chi connectivity index (χ3v) is 6.81. The van der Waals surface area contributed by atoms with E-state index in [9.17, 15) is 13.2 Å². The fraction of sp³-hybridized carbons (Fsp3) is 0.333. The van der Waals surface area contributed by atoms with Crippen molar-refractivity contribution in [3.8, 4) is 0 Å². The summed E-state index contributed by atoms with van der Waals surface area (Å²) < 4.78 is 26.3. The fourth-order valence-corrected chi connectivity index (χ4v) is 3.63. The summed E-state index contributed by atoms with van der Waals surface area (Å²) in [6.45, 7) is 5.68. The van der Waals surface area contributed by atoms with E-state index in [4.69, 9.17) is 0 Å². The summed E-state index contributed by atoms with van der Waals surface area (Å²) in [7, 11) is -3.50. The van der Waals surface area contributed by atoms with E-state index in [1.807, 2.05) is 32.0 Å². The second-order valence-corrected chi connectivity index (χ2v) is 8.93. The Balaban J connectivity index is 1.76. The number of aromatic nitrogens is 1. The van der Waals surface area contributed by atoms with Gasteiger partial charge in [-0.3, -0.25) is 9.52 Å². The van der Waals surface area contributed by atoms with Gasteiger partial charge in [0.2, 0.25) is 10.0 Å². The number of nitrogens with zero attached hydrogens (tertiary/aromatic N) is 1. The van der Waals surface area contributed by atoms with Crippen LogP contribution in [0.15, 0.2) is 36.5 Å². The number of hydrogen-bond donors (Lipinski definition) is 2. The molecule has 25 heavy (non-hydrogen) atoms. The number of hydrogen-bond acceptors (Lipinski definition) is 4. The van der Waals surface area contributed by atoms with Gasteiger partial charge in [0.25, 0.3) is 5.91 Å². The number of pyridine rings is 1. The van der Waals surface area contributed by atoms with Gasteiger partial charge < -0.3 is 5.32 Å². The van der Waals surface area contributed by atoms with Crippen molar-refractivity contribution in [3.05, 3.63) is 53.2 Å². The summed E-state index contributed by atoms with van der Waals surface area (Å²) in [5.41, 5.74) is 3.26. The number of amides is 1. The zero-order valence-electron chi connectivity index (χ0n) is 14.5. The summed E-state index contributed by atoms with van der Waals surface area (Å²) in [5.74, 6) is -0.162. The zero-order valence-corrected chi connectivity index (χ0v) is 15.3. The predicted octanol–water partition coefficient (Wildman–Crippen LogP) is 3.24. The molecule has 1 aliphatic rings. The van der Waals surface area contributed by atoms with Crippen molar-refractivity contribution < 1.29 is 13.2 Å². The largest absolute Gasteiger partial charge is 0.322 e. The lowest BCUT2D eigenvalue weighted by atomic mass is 10.1. The molecular weight excluding hydrogens is 338 g/mol. The van der Waals surface area contributed by atoms with Crippen molar-refractivity contribution in [2.24, 2.45) is 0 Å². The second kappa shape index (κ2) is 6.15. The molecule has 0 radical (unpaired) electrons. The minimum absolute atomic E-state index is 0.154. The van der Waals surface area contributed by atoms with Crippen molar-refractivity contribution in [1.29, 1.82) is 0 Å². The quantitative estimate of drug-likeness (QED) is 0.858. The molecule has 0 aliphatic heterocycles. The van der Waals surface area contributed by atoms with Crippen molar-refractivity contribution in [1.82, 2.24) is 4.98 Å². The molecule has 0 bridgehead atoms. The number of carbonyl (C=O) groups is 1. The van der Waals surface area contributed by atoms with Gasteiger partial charge in [-0.25, -0.2) is 13.4 Å². The first-order valence-electron chi connectivity index (χ1n) is 8.07. The molecule has 1 aromatic carbocycles. The highest BCUT2D eigenvalue weighted by atomic mass is 32.2. The van der Waals surface area contributed by atoms with Gasteiger partial charge in [-0.15, -0.1) is 0 Å². The fourth-order valence-electron chi connectivity index (χ4n) is 2.36. The molecule has 6 nitrogen and oxygen atoms in total. The number of nitrogens with one attached hydrogen (secondary N) is 2. The van der Waals surface area contributed by atoms with Gasteiger partial charge in [-0.1, -0.05) is 6.07 Å². The average Bonchev–Trinajstić information content (AvgIpc) is 3.30. The highest BCUT2D eigenvalue weighted by Gasteiger charge is 2.50. The van der Waals surface area contributed by atoms with Crippen LogP contribution in [-0.4, -0.2) is 24.1 Å². The van der Waals surface area contributed by atoms with Gasteiger partial charge in [0.1, 0.15) is 5.82 Å². The molecule has 0 spiro atoms. The molecule has 3 rings (SSSR count). The number of rotatable bonds is 5. The van der Waals surface area contributed by atoms with Crippen LogP contribution in [0.1, 0.15) is 41.3 Å². The van der Waals surface area contributed by atoms with Crippen molar-refractivity contribution in [2.45, 2.75) is 38.4 Å². The van der Waals surface area contributed by atoms with Crippen LogP contribution in [0, 0.1) is 13.8 Å². The Kier molecular flexibility index (Phi) is 4.28. The van der Waals surface area contributed by atoms with Gasteiger partial charge in [0, 0.05) is 17.4 Å². The van der Waals surface area contributed by atoms with Crippen LogP contribution >= 0.6 is 0 Å². The molecule has 0 atom stereocenters. The Bertz CT molecular complexity index is 934. The van der Waals surface area contributed by atoms with Gasteiger partial charge in [0.15, 0.2) is 0 Å². The molecule has 2 N–H and O–H groups in total. The maximum Gasteiger partial charge on any atom is 0.255 e. The van der Waals surface area contributed by atoms with Crippen molar-refractivity contribution >= 4 is 27.4 Å². The monoisotopic (exact) mass is 359 g/mol. The van der Waals surface area contributed by atoms with Crippen LogP contribution in [0.2, 0.25) is 0 Å². The van der Waals surface area contributed by atoms with E-state index in [0.717, 1.165) is 11.1 Å². The molecule has 1 aromatic heterocycles. The van der Waals surface area contributed by atoms with Gasteiger partial charge in [0.05, 0.1) is 4.75 Å². The smallest absolute Gasteiger partial charge is 0.255 e. The molecule has 0 unspecified atom stereocenters. The number of anilines is 2. The lowest BCUT2D eigenvalue weighted by Gasteiger charge is -2.13. The summed E-state index contributed by atoms with van der Waals surface area (Å²) in [4.78, 5) is 16.4. The molecule has 2 aromatic rings. The number of aryl methyl sites for hydroxylation is 2. The number of benzene rings is 1. The van der Waals surface area contributed by atoms with E-state index < -0.39 is 14.8 Å². The van der Waals surface area contributed by atoms with E-state index >= 15 is 0 Å². The zero-order chi connectivity index (χ0) is 18.2. The van der Waals surface area contributed by atoms with Gasteiger partial charge in [-0.05, 0) is 69.0 Å². The molecule has 1 fully saturated rings. The molecule has 1 aliphatic carbocycles. The minimum Gasteiger partial charge on any atom is -0.322 e. The molecular formula is C18H21N3O3S.